The number of aromatic nitrogens is 1. The van der Waals surface area contributed by atoms with Crippen LogP contribution >= 0.6 is 11.3 Å². The van der Waals surface area contributed by atoms with E-state index in [1.165, 1.54) is 37.7 Å². The minimum atomic E-state index is 0.192. The number of rotatable bonds is 6. The lowest BCUT2D eigenvalue weighted by Crippen LogP contribution is -2.33. The van der Waals surface area contributed by atoms with Gasteiger partial charge in [-0.25, -0.2) is 4.98 Å². The SMILES string of the molecule is CN(CC1CCCCC1)C(=O)Cc1csc(Cc2ccccc2)n1. The molecule has 0 atom stereocenters. The molecular formula is C20H26N2OS. The summed E-state index contributed by atoms with van der Waals surface area (Å²) in [4.78, 5) is 19.0. The zero-order chi connectivity index (χ0) is 16.8. The second-order valence-electron chi connectivity index (χ2n) is 6.85. The van der Waals surface area contributed by atoms with Crippen LogP contribution in [0.25, 0.3) is 0 Å². The van der Waals surface area contributed by atoms with Crippen molar-refractivity contribution in [3.8, 4) is 0 Å². The molecule has 0 bridgehead atoms. The topological polar surface area (TPSA) is 33.2 Å². The van der Waals surface area contributed by atoms with Crippen molar-refractivity contribution in [3.05, 3.63) is 52.0 Å². The van der Waals surface area contributed by atoms with E-state index >= 15 is 0 Å². The first-order valence-corrected chi connectivity index (χ1v) is 9.80. The second-order valence-corrected chi connectivity index (χ2v) is 7.79. The third kappa shape index (κ3) is 4.91. The van der Waals surface area contributed by atoms with Crippen LogP contribution in [0, 0.1) is 5.92 Å². The first-order chi connectivity index (χ1) is 11.7. The summed E-state index contributed by atoms with van der Waals surface area (Å²) in [5, 5.41) is 3.11. The van der Waals surface area contributed by atoms with Gasteiger partial charge in [-0.1, -0.05) is 49.6 Å². The van der Waals surface area contributed by atoms with E-state index in [0.29, 0.717) is 12.3 Å². The summed E-state index contributed by atoms with van der Waals surface area (Å²) in [5.41, 5.74) is 2.17. The molecule has 1 saturated carbocycles. The number of hydrogen-bond donors (Lipinski definition) is 0. The van der Waals surface area contributed by atoms with E-state index in [1.54, 1.807) is 11.3 Å². The number of benzene rings is 1. The van der Waals surface area contributed by atoms with E-state index in [9.17, 15) is 4.79 Å². The van der Waals surface area contributed by atoms with Crippen molar-refractivity contribution in [2.75, 3.05) is 13.6 Å². The zero-order valence-corrected chi connectivity index (χ0v) is 15.2. The molecule has 0 aliphatic heterocycles. The molecule has 0 spiro atoms. The van der Waals surface area contributed by atoms with Gasteiger partial charge in [0.25, 0.3) is 0 Å². The van der Waals surface area contributed by atoms with Gasteiger partial charge in [0.15, 0.2) is 0 Å². The van der Waals surface area contributed by atoms with E-state index in [1.807, 2.05) is 35.5 Å². The van der Waals surface area contributed by atoms with Crippen molar-refractivity contribution in [1.29, 1.82) is 0 Å². The summed E-state index contributed by atoms with van der Waals surface area (Å²) in [7, 11) is 1.94. The van der Waals surface area contributed by atoms with Gasteiger partial charge >= 0.3 is 0 Å². The molecule has 1 heterocycles. The van der Waals surface area contributed by atoms with Crippen LogP contribution in [0.1, 0.15) is 48.4 Å². The van der Waals surface area contributed by atoms with E-state index in [0.717, 1.165) is 23.7 Å². The monoisotopic (exact) mass is 342 g/mol. The lowest BCUT2D eigenvalue weighted by Gasteiger charge is -2.27. The van der Waals surface area contributed by atoms with Crippen molar-refractivity contribution in [1.82, 2.24) is 9.88 Å². The number of hydrogen-bond acceptors (Lipinski definition) is 3. The maximum Gasteiger partial charge on any atom is 0.228 e. The predicted molar refractivity (Wildman–Crippen MR) is 99.3 cm³/mol. The molecule has 1 amide bonds. The van der Waals surface area contributed by atoms with Crippen molar-refractivity contribution in [2.45, 2.75) is 44.9 Å². The Bertz CT molecular complexity index is 647. The minimum absolute atomic E-state index is 0.192. The molecule has 4 heteroatoms. The number of carbonyl (C=O) groups excluding carboxylic acids is 1. The fourth-order valence-electron chi connectivity index (χ4n) is 3.43. The average molecular weight is 343 g/mol. The Kier molecular flexibility index (Phi) is 6.02. The van der Waals surface area contributed by atoms with Gasteiger partial charge in [-0.2, -0.15) is 0 Å². The quantitative estimate of drug-likeness (QED) is 0.783. The van der Waals surface area contributed by atoms with Crippen LogP contribution in [0.5, 0.6) is 0 Å². The van der Waals surface area contributed by atoms with Crippen LogP contribution in [-0.4, -0.2) is 29.4 Å². The van der Waals surface area contributed by atoms with Crippen LogP contribution in [-0.2, 0) is 17.6 Å². The minimum Gasteiger partial charge on any atom is -0.345 e. The first-order valence-electron chi connectivity index (χ1n) is 8.92. The lowest BCUT2D eigenvalue weighted by atomic mass is 9.89. The molecule has 1 aromatic carbocycles. The van der Waals surface area contributed by atoms with Crippen molar-refractivity contribution < 1.29 is 4.79 Å². The Morgan fingerprint density at radius 3 is 2.71 bits per heavy atom. The fourth-order valence-corrected chi connectivity index (χ4v) is 4.26. The molecule has 0 unspecified atom stereocenters. The standard InChI is InChI=1S/C20H26N2OS/c1-22(14-17-10-6-3-7-11-17)20(23)13-18-15-24-19(21-18)12-16-8-4-2-5-9-16/h2,4-5,8-9,15,17H,3,6-7,10-14H2,1H3. The molecule has 2 aromatic rings. The van der Waals surface area contributed by atoms with Crippen LogP contribution in [0.4, 0.5) is 0 Å². The highest BCUT2D eigenvalue weighted by Gasteiger charge is 2.19. The highest BCUT2D eigenvalue weighted by molar-refractivity contribution is 7.09. The normalized spacial score (nSPS) is 15.4. The summed E-state index contributed by atoms with van der Waals surface area (Å²) >= 11 is 1.65. The summed E-state index contributed by atoms with van der Waals surface area (Å²) in [6.07, 6.45) is 7.82. The lowest BCUT2D eigenvalue weighted by molar-refractivity contribution is -0.129. The van der Waals surface area contributed by atoms with Gasteiger partial charge in [0.2, 0.25) is 5.91 Å². The van der Waals surface area contributed by atoms with E-state index in [2.05, 4.69) is 17.1 Å². The first kappa shape index (κ1) is 17.2. The molecule has 1 aliphatic carbocycles. The number of carbonyl (C=O) groups is 1. The van der Waals surface area contributed by atoms with Gasteiger partial charge in [-0.15, -0.1) is 11.3 Å². The fraction of sp³-hybridized carbons (Fsp3) is 0.500. The zero-order valence-electron chi connectivity index (χ0n) is 14.4. The highest BCUT2D eigenvalue weighted by Crippen LogP contribution is 2.24. The molecule has 128 valence electrons. The highest BCUT2D eigenvalue weighted by atomic mass is 32.1. The smallest absolute Gasteiger partial charge is 0.228 e. The van der Waals surface area contributed by atoms with Crippen LogP contribution < -0.4 is 0 Å². The molecule has 0 N–H and O–H groups in total. The Morgan fingerprint density at radius 2 is 1.96 bits per heavy atom. The van der Waals surface area contributed by atoms with Crippen LogP contribution in [0.15, 0.2) is 35.7 Å². The molecule has 3 nitrogen and oxygen atoms in total. The predicted octanol–water partition coefficient (Wildman–Crippen LogP) is 4.32. The van der Waals surface area contributed by atoms with E-state index in [4.69, 9.17) is 0 Å². The van der Waals surface area contributed by atoms with Crippen molar-refractivity contribution in [2.24, 2.45) is 5.92 Å². The van der Waals surface area contributed by atoms with E-state index in [-0.39, 0.29) is 5.91 Å². The largest absolute Gasteiger partial charge is 0.345 e. The van der Waals surface area contributed by atoms with Gasteiger partial charge in [0.05, 0.1) is 17.1 Å². The molecule has 1 fully saturated rings. The number of nitrogens with zero attached hydrogens (tertiary/aromatic N) is 2. The maximum absolute atomic E-state index is 12.4. The molecule has 0 radical (unpaired) electrons. The van der Waals surface area contributed by atoms with Crippen molar-refractivity contribution in [3.63, 3.8) is 0 Å². The van der Waals surface area contributed by atoms with Gasteiger partial charge in [0, 0.05) is 25.4 Å². The van der Waals surface area contributed by atoms with Crippen molar-refractivity contribution >= 4 is 17.2 Å². The van der Waals surface area contributed by atoms with Gasteiger partial charge in [-0.05, 0) is 24.3 Å². The third-order valence-electron chi connectivity index (χ3n) is 4.81. The molecule has 1 aromatic heterocycles. The Hall–Kier alpha value is -1.68. The van der Waals surface area contributed by atoms with Gasteiger partial charge < -0.3 is 4.90 Å². The molecule has 3 rings (SSSR count). The number of thiazole rings is 1. The summed E-state index contributed by atoms with van der Waals surface area (Å²) in [6.45, 7) is 0.903. The molecule has 0 saturated heterocycles. The molecule has 24 heavy (non-hydrogen) atoms. The Labute approximate surface area is 148 Å². The Morgan fingerprint density at radius 1 is 1.21 bits per heavy atom. The number of likely N-dealkylation sites (N-methyl/N-ethyl adjacent to an activating group) is 1. The van der Waals surface area contributed by atoms with Gasteiger partial charge in [0.1, 0.15) is 0 Å². The summed E-state index contributed by atoms with van der Waals surface area (Å²) < 4.78 is 0. The summed E-state index contributed by atoms with van der Waals surface area (Å²) in [5.74, 6) is 0.883. The molecule has 1 aliphatic rings. The summed E-state index contributed by atoms with van der Waals surface area (Å²) in [6, 6.07) is 10.4. The van der Waals surface area contributed by atoms with Gasteiger partial charge in [-0.3, -0.25) is 4.79 Å². The second kappa shape index (κ2) is 8.43. The van der Waals surface area contributed by atoms with Crippen LogP contribution in [0.2, 0.25) is 0 Å². The van der Waals surface area contributed by atoms with Crippen LogP contribution in [0.3, 0.4) is 0 Å². The average Bonchev–Trinajstić information content (AvgIpc) is 3.03. The third-order valence-corrected chi connectivity index (χ3v) is 5.71. The van der Waals surface area contributed by atoms with E-state index < -0.39 is 0 Å². The maximum atomic E-state index is 12.4. The molecular weight excluding hydrogens is 316 g/mol. The number of amides is 1. The Balaban J connectivity index is 1.51.